The highest BCUT2D eigenvalue weighted by Gasteiger charge is 2.22. The van der Waals surface area contributed by atoms with Crippen LogP contribution in [0.2, 0.25) is 0 Å². The fourth-order valence-electron chi connectivity index (χ4n) is 1.15. The zero-order valence-electron chi connectivity index (χ0n) is 6.16. The van der Waals surface area contributed by atoms with Crippen molar-refractivity contribution in [3.8, 4) is 5.75 Å². The van der Waals surface area contributed by atoms with Crippen LogP contribution in [0.4, 0.5) is 4.39 Å². The second-order valence-electron chi connectivity index (χ2n) is 2.49. The largest absolute Gasteiger partial charge is 0.376 e. The molecule has 1 heterocycles. The van der Waals surface area contributed by atoms with E-state index in [-0.39, 0.29) is 12.4 Å². The molecule has 0 radical (unpaired) electrons. The van der Waals surface area contributed by atoms with Crippen LogP contribution in [0, 0.1) is 5.82 Å². The summed E-state index contributed by atoms with van der Waals surface area (Å²) in [5.41, 5.74) is 0.435. The van der Waals surface area contributed by atoms with Gasteiger partial charge in [-0.3, -0.25) is 4.79 Å². The lowest BCUT2D eigenvalue weighted by Gasteiger charge is -2.04. The lowest BCUT2D eigenvalue weighted by Crippen LogP contribution is -2.18. The van der Waals surface area contributed by atoms with Gasteiger partial charge in [0.1, 0.15) is 5.82 Å². The van der Waals surface area contributed by atoms with Gasteiger partial charge in [-0.1, -0.05) is 6.07 Å². The number of benzene rings is 1. The Bertz CT molecular complexity index is 327. The van der Waals surface area contributed by atoms with Crippen LogP contribution in [0.15, 0.2) is 18.2 Å². The fourth-order valence-corrected chi connectivity index (χ4v) is 1.15. The van der Waals surface area contributed by atoms with Crippen molar-refractivity contribution in [1.82, 2.24) is 5.06 Å². The van der Waals surface area contributed by atoms with Gasteiger partial charge in [-0.2, -0.15) is 5.06 Å². The highest BCUT2D eigenvalue weighted by Crippen LogP contribution is 2.28. The van der Waals surface area contributed by atoms with Crippen molar-refractivity contribution in [2.45, 2.75) is 6.54 Å². The molecule has 0 fully saturated rings. The van der Waals surface area contributed by atoms with Crippen molar-refractivity contribution in [3.63, 3.8) is 0 Å². The number of nitrogens with zero attached hydrogens (tertiary/aromatic N) is 1. The lowest BCUT2D eigenvalue weighted by molar-refractivity contribution is -0.139. The average Bonchev–Trinajstić information content (AvgIpc) is 2.49. The smallest absolute Gasteiger partial charge is 0.242 e. The van der Waals surface area contributed by atoms with Gasteiger partial charge in [0.05, 0.1) is 12.1 Å². The maximum absolute atomic E-state index is 13.0. The average molecular weight is 167 g/mol. The van der Waals surface area contributed by atoms with Crippen molar-refractivity contribution in [1.29, 1.82) is 0 Å². The van der Waals surface area contributed by atoms with Gasteiger partial charge < -0.3 is 4.84 Å². The van der Waals surface area contributed by atoms with Crippen molar-refractivity contribution < 1.29 is 14.0 Å². The van der Waals surface area contributed by atoms with Crippen LogP contribution in [0.3, 0.4) is 0 Å². The van der Waals surface area contributed by atoms with Gasteiger partial charge in [0.2, 0.25) is 6.41 Å². The molecule has 1 aliphatic rings. The first-order valence-corrected chi connectivity index (χ1v) is 3.48. The molecule has 0 atom stereocenters. The molecule has 1 aliphatic heterocycles. The van der Waals surface area contributed by atoms with E-state index in [1.54, 1.807) is 12.1 Å². The quantitative estimate of drug-likeness (QED) is 0.586. The normalized spacial score (nSPS) is 13.9. The van der Waals surface area contributed by atoms with Gasteiger partial charge in [-0.15, -0.1) is 0 Å². The third-order valence-electron chi connectivity index (χ3n) is 1.72. The molecular formula is C8H6FNO2. The molecule has 0 unspecified atom stereocenters. The molecule has 12 heavy (non-hydrogen) atoms. The van der Waals surface area contributed by atoms with Crippen molar-refractivity contribution in [2.75, 3.05) is 0 Å². The van der Waals surface area contributed by atoms with Crippen LogP contribution >= 0.6 is 0 Å². The molecule has 1 aromatic rings. The zero-order chi connectivity index (χ0) is 8.55. The van der Waals surface area contributed by atoms with Crippen LogP contribution in [0.25, 0.3) is 0 Å². The molecule has 62 valence electrons. The molecule has 0 bridgehead atoms. The number of carbonyl (C=O) groups excluding carboxylic acids is 1. The number of hydrogen-bond acceptors (Lipinski definition) is 2. The van der Waals surface area contributed by atoms with E-state index in [1.165, 1.54) is 6.07 Å². The standard InChI is InChI=1S/C8H6FNO2/c9-7-2-1-3-8-6(7)4-10(5-11)12-8/h1-3,5H,4H2. The van der Waals surface area contributed by atoms with Gasteiger partial charge in [0, 0.05) is 0 Å². The van der Waals surface area contributed by atoms with Gasteiger partial charge >= 0.3 is 0 Å². The molecule has 3 nitrogen and oxygen atoms in total. The summed E-state index contributed by atoms with van der Waals surface area (Å²) in [7, 11) is 0. The number of halogens is 1. The van der Waals surface area contributed by atoms with Crippen LogP contribution in [-0.2, 0) is 11.3 Å². The Morgan fingerprint density at radius 1 is 1.58 bits per heavy atom. The molecule has 0 aliphatic carbocycles. The number of hydrogen-bond donors (Lipinski definition) is 0. The van der Waals surface area contributed by atoms with Gasteiger partial charge in [-0.05, 0) is 12.1 Å². The van der Waals surface area contributed by atoms with Crippen LogP contribution in [0.5, 0.6) is 5.75 Å². The number of rotatable bonds is 1. The monoisotopic (exact) mass is 167 g/mol. The van der Waals surface area contributed by atoms with E-state index in [0.29, 0.717) is 17.7 Å². The summed E-state index contributed by atoms with van der Waals surface area (Å²) in [6.45, 7) is 0.186. The Morgan fingerprint density at radius 2 is 2.42 bits per heavy atom. The first-order chi connectivity index (χ1) is 5.81. The Morgan fingerprint density at radius 3 is 3.08 bits per heavy atom. The third-order valence-corrected chi connectivity index (χ3v) is 1.72. The summed E-state index contributed by atoms with van der Waals surface area (Å²) in [5, 5.41) is 1.05. The summed E-state index contributed by atoms with van der Waals surface area (Å²) in [6, 6.07) is 4.51. The second-order valence-corrected chi connectivity index (χ2v) is 2.49. The molecule has 0 saturated carbocycles. The molecule has 1 aromatic carbocycles. The van der Waals surface area contributed by atoms with Crippen LogP contribution in [0.1, 0.15) is 5.56 Å². The number of amides is 1. The molecule has 2 rings (SSSR count). The minimum Gasteiger partial charge on any atom is -0.376 e. The molecule has 0 aromatic heterocycles. The fraction of sp³-hybridized carbons (Fsp3) is 0.125. The number of carbonyl (C=O) groups is 1. The first-order valence-electron chi connectivity index (χ1n) is 3.48. The Hall–Kier alpha value is -1.58. The summed E-state index contributed by atoms with van der Waals surface area (Å²) in [4.78, 5) is 15.2. The van der Waals surface area contributed by atoms with E-state index < -0.39 is 0 Å². The van der Waals surface area contributed by atoms with E-state index in [4.69, 9.17) is 4.84 Å². The zero-order valence-corrected chi connectivity index (χ0v) is 6.16. The summed E-state index contributed by atoms with van der Waals surface area (Å²) in [6.07, 6.45) is 0.527. The summed E-state index contributed by atoms with van der Waals surface area (Å²) >= 11 is 0. The third kappa shape index (κ3) is 0.922. The molecular weight excluding hydrogens is 161 g/mol. The van der Waals surface area contributed by atoms with Crippen molar-refractivity contribution >= 4 is 6.41 Å². The maximum atomic E-state index is 13.0. The van der Waals surface area contributed by atoms with Gasteiger partial charge in [0.15, 0.2) is 5.75 Å². The van der Waals surface area contributed by atoms with Crippen molar-refractivity contribution in [2.24, 2.45) is 0 Å². The number of fused-ring (bicyclic) bond motifs is 1. The highest BCUT2D eigenvalue weighted by atomic mass is 19.1. The topological polar surface area (TPSA) is 29.5 Å². The molecule has 0 N–H and O–H groups in total. The molecule has 0 saturated heterocycles. The highest BCUT2D eigenvalue weighted by molar-refractivity contribution is 5.50. The maximum Gasteiger partial charge on any atom is 0.242 e. The molecule has 1 amide bonds. The summed E-state index contributed by atoms with van der Waals surface area (Å²) < 4.78 is 13.0. The Labute approximate surface area is 68.3 Å². The summed E-state index contributed by atoms with van der Waals surface area (Å²) in [5.74, 6) is 0.0824. The van der Waals surface area contributed by atoms with Crippen LogP contribution in [-0.4, -0.2) is 11.5 Å². The lowest BCUT2D eigenvalue weighted by atomic mass is 10.2. The second kappa shape index (κ2) is 2.48. The Balaban J connectivity index is 2.41. The minimum atomic E-state index is -0.336. The minimum absolute atomic E-state index is 0.186. The van der Waals surface area contributed by atoms with E-state index in [0.717, 1.165) is 5.06 Å². The van der Waals surface area contributed by atoms with E-state index in [9.17, 15) is 9.18 Å². The first kappa shape index (κ1) is 7.09. The van der Waals surface area contributed by atoms with Crippen LogP contribution < -0.4 is 4.84 Å². The van der Waals surface area contributed by atoms with E-state index in [2.05, 4.69) is 0 Å². The Kier molecular flexibility index (Phi) is 1.46. The van der Waals surface area contributed by atoms with E-state index in [1.807, 2.05) is 0 Å². The predicted octanol–water partition coefficient (Wildman–Crippen LogP) is 1.09. The van der Waals surface area contributed by atoms with Gasteiger partial charge in [0.25, 0.3) is 0 Å². The van der Waals surface area contributed by atoms with E-state index >= 15 is 0 Å². The molecule has 0 spiro atoms. The van der Waals surface area contributed by atoms with Crippen molar-refractivity contribution in [3.05, 3.63) is 29.6 Å². The SMILES string of the molecule is O=CN1Cc2c(F)cccc2O1. The molecule has 4 heteroatoms. The van der Waals surface area contributed by atoms with Gasteiger partial charge in [-0.25, -0.2) is 4.39 Å². The predicted molar refractivity (Wildman–Crippen MR) is 38.6 cm³/mol. The number of hydroxylamine groups is 2.